The molecule has 1 atom stereocenters. The molecule has 1 unspecified atom stereocenters. The third-order valence-electron chi connectivity index (χ3n) is 3.78. The number of piperazine rings is 1. The quantitative estimate of drug-likeness (QED) is 0.869. The Morgan fingerprint density at radius 2 is 1.86 bits per heavy atom. The van der Waals surface area contributed by atoms with Gasteiger partial charge >= 0.3 is 0 Å². The zero-order valence-corrected chi connectivity index (χ0v) is 14.6. The van der Waals surface area contributed by atoms with E-state index in [4.69, 9.17) is 0 Å². The third kappa shape index (κ3) is 4.68. The smallest absolute Gasteiger partial charge is 0.0762 e. The van der Waals surface area contributed by atoms with Gasteiger partial charge in [-0.1, -0.05) is 6.07 Å². The number of benzene rings is 1. The van der Waals surface area contributed by atoms with Gasteiger partial charge < -0.3 is 15.1 Å². The van der Waals surface area contributed by atoms with Crippen molar-refractivity contribution in [2.45, 2.75) is 32.5 Å². The monoisotopic (exact) mass is 356 g/mol. The Morgan fingerprint density at radius 1 is 1.24 bits per heavy atom. The maximum Gasteiger partial charge on any atom is 0.0762 e. The topological polar surface area (TPSA) is 46.9 Å². The predicted octanol–water partition coefficient (Wildman–Crippen LogP) is 2.40. The summed E-state index contributed by atoms with van der Waals surface area (Å²) in [5.41, 5.74) is 1.45. The minimum absolute atomic E-state index is 0.445. The third-order valence-corrected chi connectivity index (χ3v) is 4.41. The van der Waals surface area contributed by atoms with Gasteiger partial charge in [-0.3, -0.25) is 4.90 Å². The first-order valence-electron chi connectivity index (χ1n) is 7.43. The molecule has 1 aliphatic heterocycles. The van der Waals surface area contributed by atoms with Gasteiger partial charge in [0.1, 0.15) is 0 Å². The summed E-state index contributed by atoms with van der Waals surface area (Å²) in [5.74, 6) is 0. The van der Waals surface area contributed by atoms with Crippen LogP contribution in [0.15, 0.2) is 22.7 Å². The van der Waals surface area contributed by atoms with E-state index < -0.39 is 11.7 Å². The van der Waals surface area contributed by atoms with Crippen molar-refractivity contribution in [2.24, 2.45) is 0 Å². The number of aliphatic hydroxyl groups is 2. The average Bonchev–Trinajstić information content (AvgIpc) is 2.38. The first-order chi connectivity index (χ1) is 9.76. The van der Waals surface area contributed by atoms with Gasteiger partial charge in [0.2, 0.25) is 0 Å². The van der Waals surface area contributed by atoms with Gasteiger partial charge in [0.15, 0.2) is 0 Å². The Kier molecular flexibility index (Phi) is 5.30. The van der Waals surface area contributed by atoms with E-state index in [0.29, 0.717) is 6.54 Å². The molecule has 0 aromatic heterocycles. The highest BCUT2D eigenvalue weighted by molar-refractivity contribution is 9.10. The molecule has 5 heteroatoms. The molecule has 1 aromatic rings. The number of nitrogens with zero attached hydrogens (tertiary/aromatic N) is 2. The number of anilines is 1. The van der Waals surface area contributed by atoms with Gasteiger partial charge in [-0.2, -0.15) is 0 Å². The van der Waals surface area contributed by atoms with E-state index in [9.17, 15) is 10.2 Å². The molecule has 4 nitrogen and oxygen atoms in total. The molecule has 1 saturated heterocycles. The molecule has 2 rings (SSSR count). The maximum atomic E-state index is 9.89. The largest absolute Gasteiger partial charge is 0.389 e. The van der Waals surface area contributed by atoms with Crippen LogP contribution in [0.3, 0.4) is 0 Å². The summed E-state index contributed by atoms with van der Waals surface area (Å²) in [7, 11) is 0. The molecule has 0 bridgehead atoms. The van der Waals surface area contributed by atoms with E-state index in [-0.39, 0.29) is 0 Å². The van der Waals surface area contributed by atoms with Gasteiger partial charge in [-0.05, 0) is 54.4 Å². The highest BCUT2D eigenvalue weighted by Crippen LogP contribution is 2.30. The minimum Gasteiger partial charge on any atom is -0.389 e. The molecule has 118 valence electrons. The van der Waals surface area contributed by atoms with Gasteiger partial charge in [-0.25, -0.2) is 0 Å². The molecule has 1 heterocycles. The van der Waals surface area contributed by atoms with E-state index in [2.05, 4.69) is 31.8 Å². The zero-order chi connectivity index (χ0) is 15.6. The van der Waals surface area contributed by atoms with Gasteiger partial charge in [0, 0.05) is 37.2 Å². The SMILES string of the molecule is CC(O)c1ccc(N2CCN(CC(C)(C)O)CC2)c(Br)c1. The fourth-order valence-corrected chi connectivity index (χ4v) is 3.38. The second kappa shape index (κ2) is 6.65. The van der Waals surface area contributed by atoms with E-state index in [0.717, 1.165) is 36.2 Å². The van der Waals surface area contributed by atoms with Gasteiger partial charge in [0.25, 0.3) is 0 Å². The van der Waals surface area contributed by atoms with Gasteiger partial charge in [0.05, 0.1) is 17.4 Å². The van der Waals surface area contributed by atoms with Crippen LogP contribution in [0, 0.1) is 0 Å². The number of aliphatic hydroxyl groups excluding tert-OH is 1. The second-order valence-corrected chi connectivity index (χ2v) is 7.32. The number of β-amino-alcohol motifs (C(OH)–C–C–N with tert-alkyl or cyclic N) is 1. The average molecular weight is 357 g/mol. The number of halogens is 1. The summed E-state index contributed by atoms with van der Waals surface area (Å²) in [4.78, 5) is 4.64. The molecule has 2 N–H and O–H groups in total. The molecule has 21 heavy (non-hydrogen) atoms. The van der Waals surface area contributed by atoms with Crippen molar-refractivity contribution < 1.29 is 10.2 Å². The molecule has 0 saturated carbocycles. The van der Waals surface area contributed by atoms with Crippen LogP contribution in [0.2, 0.25) is 0 Å². The highest BCUT2D eigenvalue weighted by Gasteiger charge is 2.23. The lowest BCUT2D eigenvalue weighted by atomic mass is 10.1. The van der Waals surface area contributed by atoms with Crippen LogP contribution >= 0.6 is 15.9 Å². The first kappa shape index (κ1) is 16.7. The van der Waals surface area contributed by atoms with Crippen LogP contribution in [0.1, 0.15) is 32.4 Å². The van der Waals surface area contributed by atoms with Crippen LogP contribution < -0.4 is 4.90 Å². The summed E-state index contributed by atoms with van der Waals surface area (Å²) in [6.07, 6.45) is -0.445. The molecule has 0 radical (unpaired) electrons. The summed E-state index contributed by atoms with van der Waals surface area (Å²) in [5, 5.41) is 19.5. The summed E-state index contributed by atoms with van der Waals surface area (Å²) >= 11 is 3.61. The van der Waals surface area contributed by atoms with E-state index in [1.165, 1.54) is 5.69 Å². The van der Waals surface area contributed by atoms with Crippen molar-refractivity contribution in [3.05, 3.63) is 28.2 Å². The molecular formula is C16H25BrN2O2. The number of hydrogen-bond acceptors (Lipinski definition) is 4. The van der Waals surface area contributed by atoms with Crippen molar-refractivity contribution in [3.8, 4) is 0 Å². The van der Waals surface area contributed by atoms with Crippen molar-refractivity contribution in [1.29, 1.82) is 0 Å². The molecule has 1 aromatic carbocycles. The van der Waals surface area contributed by atoms with E-state index >= 15 is 0 Å². The summed E-state index contributed by atoms with van der Waals surface area (Å²) < 4.78 is 1.02. The van der Waals surface area contributed by atoms with E-state index in [1.807, 2.05) is 26.0 Å². The van der Waals surface area contributed by atoms with Crippen LogP contribution in [-0.2, 0) is 0 Å². The van der Waals surface area contributed by atoms with Gasteiger partial charge in [-0.15, -0.1) is 0 Å². The van der Waals surface area contributed by atoms with Crippen molar-refractivity contribution in [3.63, 3.8) is 0 Å². The normalized spacial score (nSPS) is 18.9. The Morgan fingerprint density at radius 3 is 2.33 bits per heavy atom. The lowest BCUT2D eigenvalue weighted by Crippen LogP contribution is -2.50. The minimum atomic E-state index is -0.637. The summed E-state index contributed by atoms with van der Waals surface area (Å²) in [6, 6.07) is 6.04. The maximum absolute atomic E-state index is 9.89. The zero-order valence-electron chi connectivity index (χ0n) is 13.0. The fourth-order valence-electron chi connectivity index (χ4n) is 2.73. The molecule has 0 aliphatic carbocycles. The molecule has 1 fully saturated rings. The van der Waals surface area contributed by atoms with Crippen molar-refractivity contribution in [1.82, 2.24) is 4.90 Å². The lowest BCUT2D eigenvalue weighted by molar-refractivity contribution is 0.0345. The fraction of sp³-hybridized carbons (Fsp3) is 0.625. The highest BCUT2D eigenvalue weighted by atomic mass is 79.9. The Balaban J connectivity index is 1.99. The first-order valence-corrected chi connectivity index (χ1v) is 8.23. The van der Waals surface area contributed by atoms with Crippen molar-refractivity contribution >= 4 is 21.6 Å². The molecule has 0 amide bonds. The van der Waals surface area contributed by atoms with Crippen LogP contribution in [0.25, 0.3) is 0 Å². The van der Waals surface area contributed by atoms with Crippen LogP contribution in [0.5, 0.6) is 0 Å². The molecule has 1 aliphatic rings. The summed E-state index contributed by atoms with van der Waals surface area (Å²) in [6.45, 7) is 9.99. The van der Waals surface area contributed by atoms with Crippen LogP contribution in [0.4, 0.5) is 5.69 Å². The lowest BCUT2D eigenvalue weighted by Gasteiger charge is -2.38. The number of hydrogen-bond donors (Lipinski definition) is 2. The van der Waals surface area contributed by atoms with Crippen molar-refractivity contribution in [2.75, 3.05) is 37.6 Å². The molecule has 0 spiro atoms. The van der Waals surface area contributed by atoms with Crippen LogP contribution in [-0.4, -0.2) is 53.4 Å². The molecular weight excluding hydrogens is 332 g/mol. The number of rotatable bonds is 4. The Bertz CT molecular complexity index is 478. The Labute approximate surface area is 135 Å². The Hall–Kier alpha value is -0.620. The predicted molar refractivity (Wildman–Crippen MR) is 89.7 cm³/mol. The standard InChI is InChI=1S/C16H25BrN2O2/c1-12(20)13-4-5-15(14(17)10-13)19-8-6-18(7-9-19)11-16(2,3)21/h4-5,10,12,20-21H,6-9,11H2,1-3H3. The van der Waals surface area contributed by atoms with E-state index in [1.54, 1.807) is 6.92 Å². The second-order valence-electron chi connectivity index (χ2n) is 6.46.